The summed E-state index contributed by atoms with van der Waals surface area (Å²) >= 11 is 3.33. The molecule has 0 saturated carbocycles. The normalized spacial score (nSPS) is 15.7. The monoisotopic (exact) mass is 479 g/mol. The Morgan fingerprint density at radius 2 is 1.59 bits per heavy atom. The molecule has 2 aromatic carbocycles. The van der Waals surface area contributed by atoms with E-state index in [4.69, 9.17) is 0 Å². The molecule has 6 nitrogen and oxygen atoms in total. The van der Waals surface area contributed by atoms with E-state index < -0.39 is 10.0 Å². The van der Waals surface area contributed by atoms with Crippen LogP contribution in [0.25, 0.3) is 0 Å². The fraction of sp³-hybridized carbons (Fsp3) is 0.381. The van der Waals surface area contributed by atoms with Crippen LogP contribution in [-0.4, -0.2) is 68.2 Å². The fourth-order valence-corrected chi connectivity index (χ4v) is 4.83. The maximum atomic E-state index is 13.3. The summed E-state index contributed by atoms with van der Waals surface area (Å²) in [6.45, 7) is 4.79. The van der Waals surface area contributed by atoms with Crippen LogP contribution >= 0.6 is 15.9 Å². The summed E-state index contributed by atoms with van der Waals surface area (Å²) in [5, 5.41) is 0. The van der Waals surface area contributed by atoms with E-state index >= 15 is 0 Å². The summed E-state index contributed by atoms with van der Waals surface area (Å²) in [5.41, 5.74) is 1.95. The fourth-order valence-electron chi connectivity index (χ4n) is 3.19. The first-order valence-corrected chi connectivity index (χ1v) is 11.8. The van der Waals surface area contributed by atoms with Gasteiger partial charge < -0.3 is 9.80 Å². The van der Waals surface area contributed by atoms with Crippen molar-refractivity contribution in [2.75, 3.05) is 39.8 Å². The largest absolute Gasteiger partial charge is 0.339 e. The lowest BCUT2D eigenvalue weighted by molar-refractivity contribution is -0.133. The van der Waals surface area contributed by atoms with Crippen LogP contribution in [0.1, 0.15) is 11.1 Å². The molecule has 0 atom stereocenters. The zero-order valence-corrected chi connectivity index (χ0v) is 19.1. The van der Waals surface area contributed by atoms with Crippen molar-refractivity contribution < 1.29 is 13.2 Å². The molecule has 2 aromatic rings. The summed E-state index contributed by atoms with van der Waals surface area (Å²) in [6, 6.07) is 14.2. The van der Waals surface area contributed by atoms with Gasteiger partial charge in [0, 0.05) is 37.2 Å². The van der Waals surface area contributed by atoms with Crippen LogP contribution in [0.3, 0.4) is 0 Å². The van der Waals surface area contributed by atoms with Gasteiger partial charge in [0.2, 0.25) is 15.9 Å². The van der Waals surface area contributed by atoms with E-state index in [9.17, 15) is 13.2 Å². The maximum Gasteiger partial charge on any atom is 0.243 e. The Bertz CT molecular complexity index is 938. The summed E-state index contributed by atoms with van der Waals surface area (Å²) in [6.07, 6.45) is 0. The lowest BCUT2D eigenvalue weighted by Gasteiger charge is -2.33. The number of hydrogen-bond donors (Lipinski definition) is 0. The standard InChI is InChI=1S/C21H26BrN3O3S/c1-17-3-5-18(6-4-17)15-25(16-21(26)24-13-11-23(2)12-14-24)29(27,28)20-9-7-19(22)8-10-20/h3-10H,11-16H2,1-2H3. The van der Waals surface area contributed by atoms with Crippen molar-refractivity contribution in [1.29, 1.82) is 0 Å². The molecule has 0 radical (unpaired) electrons. The number of amides is 1. The summed E-state index contributed by atoms with van der Waals surface area (Å²) in [7, 11) is -1.80. The second kappa shape index (κ2) is 9.38. The Balaban J connectivity index is 1.85. The van der Waals surface area contributed by atoms with Crippen molar-refractivity contribution in [3.63, 3.8) is 0 Å². The molecule has 1 saturated heterocycles. The third kappa shape index (κ3) is 5.66. The first kappa shape index (κ1) is 22.0. The summed E-state index contributed by atoms with van der Waals surface area (Å²) in [4.78, 5) is 17.0. The molecule has 1 aliphatic rings. The van der Waals surface area contributed by atoms with Crippen molar-refractivity contribution in [2.24, 2.45) is 0 Å². The molecule has 0 N–H and O–H groups in total. The lowest BCUT2D eigenvalue weighted by atomic mass is 10.1. The maximum absolute atomic E-state index is 13.3. The Kier molecular flexibility index (Phi) is 7.10. The smallest absolute Gasteiger partial charge is 0.243 e. The van der Waals surface area contributed by atoms with E-state index in [2.05, 4.69) is 20.8 Å². The van der Waals surface area contributed by atoms with E-state index in [1.54, 1.807) is 29.2 Å². The number of likely N-dealkylation sites (N-methyl/N-ethyl adjacent to an activating group) is 1. The average molecular weight is 480 g/mol. The molecular formula is C21H26BrN3O3S. The summed E-state index contributed by atoms with van der Waals surface area (Å²) in [5.74, 6) is -0.161. The van der Waals surface area contributed by atoms with Gasteiger partial charge in [-0.25, -0.2) is 8.42 Å². The molecule has 0 bridgehead atoms. The Labute approximate surface area is 181 Å². The minimum Gasteiger partial charge on any atom is -0.339 e. The predicted molar refractivity (Wildman–Crippen MR) is 117 cm³/mol. The number of aryl methyl sites for hydroxylation is 1. The number of benzene rings is 2. The first-order valence-electron chi connectivity index (χ1n) is 9.53. The van der Waals surface area contributed by atoms with Crippen molar-refractivity contribution >= 4 is 31.9 Å². The van der Waals surface area contributed by atoms with E-state index in [1.165, 1.54) is 4.31 Å². The second-order valence-corrected chi connectivity index (χ2v) is 10.3. The predicted octanol–water partition coefficient (Wildman–Crippen LogP) is 2.72. The highest BCUT2D eigenvalue weighted by molar-refractivity contribution is 9.10. The van der Waals surface area contributed by atoms with Crippen molar-refractivity contribution in [1.82, 2.24) is 14.1 Å². The molecule has 0 aliphatic carbocycles. The number of hydrogen-bond acceptors (Lipinski definition) is 4. The molecule has 0 aromatic heterocycles. The molecule has 0 unspecified atom stereocenters. The number of carbonyl (C=O) groups is 1. The van der Waals surface area contributed by atoms with Crippen molar-refractivity contribution in [3.05, 3.63) is 64.1 Å². The molecule has 1 amide bonds. The molecule has 156 valence electrons. The van der Waals surface area contributed by atoms with Crippen LogP contribution in [0.2, 0.25) is 0 Å². The molecule has 1 aliphatic heterocycles. The number of halogens is 1. The molecule has 29 heavy (non-hydrogen) atoms. The lowest BCUT2D eigenvalue weighted by Crippen LogP contribution is -2.50. The van der Waals surface area contributed by atoms with Crippen molar-refractivity contribution in [3.8, 4) is 0 Å². The highest BCUT2D eigenvalue weighted by Gasteiger charge is 2.29. The third-order valence-corrected chi connectivity index (χ3v) is 7.43. The van der Waals surface area contributed by atoms with Gasteiger partial charge >= 0.3 is 0 Å². The molecule has 0 spiro atoms. The van der Waals surface area contributed by atoms with E-state index in [1.807, 2.05) is 38.2 Å². The molecule has 1 heterocycles. The second-order valence-electron chi connectivity index (χ2n) is 7.40. The number of sulfonamides is 1. The van der Waals surface area contributed by atoms with Crippen molar-refractivity contribution in [2.45, 2.75) is 18.4 Å². The van der Waals surface area contributed by atoms with Crippen LogP contribution in [0.4, 0.5) is 0 Å². The molecule has 1 fully saturated rings. The zero-order valence-electron chi connectivity index (χ0n) is 16.7. The molecule has 3 rings (SSSR count). The highest BCUT2D eigenvalue weighted by atomic mass is 79.9. The Morgan fingerprint density at radius 3 is 2.17 bits per heavy atom. The Hall–Kier alpha value is -1.74. The Morgan fingerprint density at radius 1 is 1.00 bits per heavy atom. The first-order chi connectivity index (χ1) is 13.8. The zero-order chi connectivity index (χ0) is 21.0. The number of nitrogens with zero attached hydrogens (tertiary/aromatic N) is 3. The minimum absolute atomic E-state index is 0.151. The minimum atomic E-state index is -3.82. The van der Waals surface area contributed by atoms with Gasteiger partial charge in [0.25, 0.3) is 0 Å². The number of carbonyl (C=O) groups excluding carboxylic acids is 1. The van der Waals surface area contributed by atoms with E-state index in [-0.39, 0.29) is 23.9 Å². The van der Waals surface area contributed by atoms with Gasteiger partial charge in [-0.05, 0) is 43.8 Å². The molecule has 8 heteroatoms. The van der Waals surface area contributed by atoms with E-state index in [0.29, 0.717) is 13.1 Å². The SMILES string of the molecule is Cc1ccc(CN(CC(=O)N2CCN(C)CC2)S(=O)(=O)c2ccc(Br)cc2)cc1. The quantitative estimate of drug-likeness (QED) is 0.638. The van der Waals surface area contributed by atoms with Gasteiger partial charge in [-0.3, -0.25) is 4.79 Å². The average Bonchev–Trinajstić information content (AvgIpc) is 2.70. The van der Waals surface area contributed by atoms with Gasteiger partial charge in [-0.1, -0.05) is 45.8 Å². The van der Waals surface area contributed by atoms with Crippen LogP contribution in [0, 0.1) is 6.92 Å². The number of piperazine rings is 1. The van der Waals surface area contributed by atoms with Gasteiger partial charge in [-0.15, -0.1) is 0 Å². The topological polar surface area (TPSA) is 60.9 Å². The van der Waals surface area contributed by atoms with Gasteiger partial charge in [0.15, 0.2) is 0 Å². The third-order valence-electron chi connectivity index (χ3n) is 5.10. The van der Waals surface area contributed by atoms with E-state index in [0.717, 1.165) is 28.7 Å². The van der Waals surface area contributed by atoms with Crippen LogP contribution in [0.5, 0.6) is 0 Å². The number of rotatable bonds is 6. The van der Waals surface area contributed by atoms with Crippen LogP contribution in [0.15, 0.2) is 57.9 Å². The van der Waals surface area contributed by atoms with Crippen LogP contribution in [-0.2, 0) is 21.4 Å². The van der Waals surface area contributed by atoms with Gasteiger partial charge in [0.05, 0.1) is 11.4 Å². The van der Waals surface area contributed by atoms with Gasteiger partial charge in [-0.2, -0.15) is 4.31 Å². The highest BCUT2D eigenvalue weighted by Crippen LogP contribution is 2.21. The summed E-state index contributed by atoms with van der Waals surface area (Å²) < 4.78 is 28.7. The molecular weight excluding hydrogens is 454 g/mol. The van der Waals surface area contributed by atoms with Gasteiger partial charge in [0.1, 0.15) is 0 Å². The van der Waals surface area contributed by atoms with Crippen LogP contribution < -0.4 is 0 Å².